The van der Waals surface area contributed by atoms with Gasteiger partial charge in [0, 0.05) is 6.54 Å². The molecular formula is C16H20FN3O2S. The summed E-state index contributed by atoms with van der Waals surface area (Å²) in [4.78, 5) is 0. The number of hydrogen-bond acceptors (Lipinski definition) is 5. The molecule has 0 spiro atoms. The Kier molecular flexibility index (Phi) is 4.45. The van der Waals surface area contributed by atoms with Gasteiger partial charge in [0.25, 0.3) is 0 Å². The molecule has 7 heteroatoms. The third kappa shape index (κ3) is 2.88. The van der Waals surface area contributed by atoms with Crippen LogP contribution in [0.15, 0.2) is 48.5 Å². The predicted molar refractivity (Wildman–Crippen MR) is 93.1 cm³/mol. The highest BCUT2D eigenvalue weighted by molar-refractivity contribution is 8.26. The number of fused-ring (bicyclic) bond motifs is 1. The van der Waals surface area contributed by atoms with Gasteiger partial charge >= 0.3 is 0 Å². The first-order valence-electron chi connectivity index (χ1n) is 7.36. The van der Waals surface area contributed by atoms with Gasteiger partial charge in [0.2, 0.25) is 0 Å². The van der Waals surface area contributed by atoms with Gasteiger partial charge in [-0.1, -0.05) is 30.3 Å². The van der Waals surface area contributed by atoms with Crippen LogP contribution >= 0.6 is 11.0 Å². The molecule has 0 aromatic heterocycles. The standard InChI is InChI=1S/C16H20FN3O2S/c1-18-10-11-19-15-8-4-2-6-13(15)12-20(23(19,21)22)16-9-5-3-7-14(16)17/h2-9,18,21-22H,10-12H2,1H3. The molecule has 0 saturated heterocycles. The molecule has 2 aromatic rings. The minimum Gasteiger partial charge on any atom is -0.318 e. The zero-order valence-corrected chi connectivity index (χ0v) is 13.6. The summed E-state index contributed by atoms with van der Waals surface area (Å²) in [6.45, 7) is 1.23. The van der Waals surface area contributed by atoms with Crippen LogP contribution in [0.3, 0.4) is 0 Å². The lowest BCUT2D eigenvalue weighted by Crippen LogP contribution is -2.46. The van der Waals surface area contributed by atoms with Crippen LogP contribution in [0, 0.1) is 5.82 Å². The highest BCUT2D eigenvalue weighted by Crippen LogP contribution is 2.56. The number of benzene rings is 2. The van der Waals surface area contributed by atoms with Gasteiger partial charge in [-0.15, -0.1) is 0 Å². The van der Waals surface area contributed by atoms with Crippen molar-refractivity contribution in [1.29, 1.82) is 0 Å². The molecule has 0 radical (unpaired) electrons. The lowest BCUT2D eigenvalue weighted by Gasteiger charge is -2.54. The first kappa shape index (κ1) is 16.1. The topological polar surface area (TPSA) is 59.0 Å². The fourth-order valence-electron chi connectivity index (χ4n) is 2.71. The van der Waals surface area contributed by atoms with Gasteiger partial charge in [-0.2, -0.15) is 0 Å². The lowest BCUT2D eigenvalue weighted by atomic mass is 10.1. The van der Waals surface area contributed by atoms with E-state index in [4.69, 9.17) is 0 Å². The van der Waals surface area contributed by atoms with E-state index in [1.165, 1.54) is 10.4 Å². The first-order valence-corrected chi connectivity index (χ1v) is 8.82. The van der Waals surface area contributed by atoms with E-state index in [2.05, 4.69) is 5.32 Å². The predicted octanol–water partition coefficient (Wildman–Crippen LogP) is 3.45. The van der Waals surface area contributed by atoms with Gasteiger partial charge in [-0.3, -0.25) is 13.4 Å². The molecule has 1 aliphatic heterocycles. The van der Waals surface area contributed by atoms with Crippen LogP contribution in [0.5, 0.6) is 0 Å². The normalized spacial score (nSPS) is 17.7. The van der Waals surface area contributed by atoms with Crippen molar-refractivity contribution in [3.8, 4) is 0 Å². The van der Waals surface area contributed by atoms with E-state index in [0.717, 1.165) is 11.3 Å². The van der Waals surface area contributed by atoms with E-state index in [1.54, 1.807) is 29.6 Å². The van der Waals surface area contributed by atoms with Gasteiger partial charge < -0.3 is 5.32 Å². The summed E-state index contributed by atoms with van der Waals surface area (Å²) in [7, 11) is -1.54. The number of halogens is 1. The first-order chi connectivity index (χ1) is 11.1. The van der Waals surface area contributed by atoms with E-state index in [9.17, 15) is 13.5 Å². The summed E-state index contributed by atoms with van der Waals surface area (Å²) in [6, 6.07) is 13.7. The molecule has 2 aromatic carbocycles. The van der Waals surface area contributed by atoms with E-state index in [-0.39, 0.29) is 12.2 Å². The van der Waals surface area contributed by atoms with Crippen molar-refractivity contribution in [2.24, 2.45) is 0 Å². The third-order valence-corrected chi connectivity index (χ3v) is 5.74. The number of likely N-dealkylation sites (N-methyl/N-ethyl adjacent to an activating group) is 1. The zero-order chi connectivity index (χ0) is 16.4. The molecule has 1 heterocycles. The van der Waals surface area contributed by atoms with Crippen LogP contribution in [0.25, 0.3) is 0 Å². The van der Waals surface area contributed by atoms with Gasteiger partial charge in [0.1, 0.15) is 5.82 Å². The summed E-state index contributed by atoms with van der Waals surface area (Å²) in [5, 5.41) is 3.01. The Morgan fingerprint density at radius 2 is 1.74 bits per heavy atom. The Hall–Kier alpha value is -1.80. The molecule has 1 aliphatic rings. The van der Waals surface area contributed by atoms with Crippen LogP contribution in [0.4, 0.5) is 15.8 Å². The van der Waals surface area contributed by atoms with Crippen molar-refractivity contribution in [3.05, 3.63) is 59.9 Å². The van der Waals surface area contributed by atoms with Crippen molar-refractivity contribution in [2.45, 2.75) is 6.54 Å². The molecule has 0 atom stereocenters. The fourth-order valence-corrected chi connectivity index (χ4v) is 4.45. The Bertz CT molecular complexity index is 699. The van der Waals surface area contributed by atoms with Crippen molar-refractivity contribution in [2.75, 3.05) is 28.7 Å². The maximum atomic E-state index is 14.2. The Balaban J connectivity index is 2.08. The molecule has 0 amide bonds. The molecule has 0 unspecified atom stereocenters. The van der Waals surface area contributed by atoms with Crippen LogP contribution in [-0.2, 0) is 6.54 Å². The molecule has 0 saturated carbocycles. The molecule has 0 fully saturated rings. The van der Waals surface area contributed by atoms with E-state index >= 15 is 0 Å². The fraction of sp³-hybridized carbons (Fsp3) is 0.250. The molecule has 0 aliphatic carbocycles. The minimum absolute atomic E-state index is 0.191. The van der Waals surface area contributed by atoms with Crippen molar-refractivity contribution < 1.29 is 13.5 Å². The number of para-hydroxylation sites is 2. The number of nitrogens with one attached hydrogen (secondary N) is 1. The van der Waals surface area contributed by atoms with E-state index in [0.29, 0.717) is 13.1 Å². The number of anilines is 2. The maximum absolute atomic E-state index is 14.2. The molecule has 5 nitrogen and oxygen atoms in total. The van der Waals surface area contributed by atoms with E-state index < -0.39 is 16.8 Å². The van der Waals surface area contributed by atoms with Gasteiger partial charge in [0.05, 0.1) is 24.5 Å². The maximum Gasteiger partial charge on any atom is 0.148 e. The summed E-state index contributed by atoms with van der Waals surface area (Å²) in [6.07, 6.45) is 0. The van der Waals surface area contributed by atoms with Gasteiger partial charge in [-0.25, -0.2) is 8.70 Å². The van der Waals surface area contributed by atoms with Crippen molar-refractivity contribution in [1.82, 2.24) is 5.32 Å². The van der Waals surface area contributed by atoms with Crippen LogP contribution in [0.1, 0.15) is 5.56 Å². The summed E-state index contributed by atoms with van der Waals surface area (Å²) in [5.41, 5.74) is 1.89. The molecule has 0 bridgehead atoms. The molecule has 3 N–H and O–H groups in total. The number of rotatable bonds is 4. The molecule has 124 valence electrons. The second-order valence-electron chi connectivity index (χ2n) is 5.31. The second kappa shape index (κ2) is 6.37. The Morgan fingerprint density at radius 3 is 2.43 bits per heavy atom. The highest BCUT2D eigenvalue weighted by atomic mass is 32.3. The van der Waals surface area contributed by atoms with Crippen LogP contribution in [0.2, 0.25) is 0 Å². The summed E-state index contributed by atoms with van der Waals surface area (Å²) < 4.78 is 38.8. The third-order valence-electron chi connectivity index (χ3n) is 3.85. The molecule has 3 rings (SSSR count). The average molecular weight is 337 g/mol. The van der Waals surface area contributed by atoms with E-state index in [1.807, 2.05) is 24.3 Å². The average Bonchev–Trinajstić information content (AvgIpc) is 2.54. The SMILES string of the molecule is CNCCN1c2ccccc2CN(c2ccccc2F)S1(O)O. The number of hydrogen-bond donors (Lipinski definition) is 3. The largest absolute Gasteiger partial charge is 0.318 e. The summed E-state index contributed by atoms with van der Waals surface area (Å²) in [5.74, 6) is -0.472. The molecular weight excluding hydrogens is 317 g/mol. The second-order valence-corrected chi connectivity index (χ2v) is 7.17. The van der Waals surface area contributed by atoms with Gasteiger partial charge in [-0.05, 0) is 41.8 Å². The molecule has 23 heavy (non-hydrogen) atoms. The monoisotopic (exact) mass is 337 g/mol. The van der Waals surface area contributed by atoms with Gasteiger partial charge in [0.15, 0.2) is 0 Å². The Morgan fingerprint density at radius 1 is 1.09 bits per heavy atom. The van der Waals surface area contributed by atoms with Crippen LogP contribution in [-0.4, -0.2) is 29.2 Å². The van der Waals surface area contributed by atoms with Crippen LogP contribution < -0.4 is 13.9 Å². The summed E-state index contributed by atoms with van der Waals surface area (Å²) >= 11 is 0. The number of nitrogens with zero attached hydrogens (tertiary/aromatic N) is 2. The zero-order valence-electron chi connectivity index (χ0n) is 12.8. The quantitative estimate of drug-likeness (QED) is 0.798. The minimum atomic E-state index is -3.34. The smallest absolute Gasteiger partial charge is 0.148 e. The van der Waals surface area contributed by atoms with Crippen molar-refractivity contribution in [3.63, 3.8) is 0 Å². The lowest BCUT2D eigenvalue weighted by molar-refractivity contribution is 0.469. The Labute approximate surface area is 137 Å². The van der Waals surface area contributed by atoms with Crippen molar-refractivity contribution >= 4 is 22.3 Å². The highest BCUT2D eigenvalue weighted by Gasteiger charge is 2.37.